The summed E-state index contributed by atoms with van der Waals surface area (Å²) in [5, 5.41) is 18.4. The quantitative estimate of drug-likeness (QED) is 0.624. The van der Waals surface area contributed by atoms with Crippen LogP contribution in [0.3, 0.4) is 0 Å². The third-order valence-corrected chi connectivity index (χ3v) is 2.06. The third-order valence-electron chi connectivity index (χ3n) is 2.06. The average Bonchev–Trinajstić information content (AvgIpc) is 2.02. The minimum Gasteiger partial charge on any atom is -0.393 e. The molecular weight excluding hydrogens is 164 g/mol. The first kappa shape index (κ1) is 12.7. The Hall–Kier alpha value is -0.340. The molecule has 0 radical (unpaired) electrons. The van der Waals surface area contributed by atoms with E-state index in [0.29, 0.717) is 5.92 Å². The lowest BCUT2D eigenvalue weighted by atomic mass is 10.0. The van der Waals surface area contributed by atoms with Crippen molar-refractivity contribution in [2.45, 2.75) is 52.2 Å². The largest absolute Gasteiger partial charge is 0.393 e. The Morgan fingerprint density at radius 2 is 1.69 bits per heavy atom. The van der Waals surface area contributed by atoms with Gasteiger partial charge in [0.15, 0.2) is 0 Å². The van der Waals surface area contributed by atoms with Gasteiger partial charge in [0.05, 0.1) is 12.2 Å². The summed E-state index contributed by atoms with van der Waals surface area (Å²) in [7, 11) is 0. The van der Waals surface area contributed by atoms with E-state index in [9.17, 15) is 5.11 Å². The Labute approximate surface area is 81.3 Å². The zero-order chi connectivity index (χ0) is 10.3. The molecule has 0 amide bonds. The lowest BCUT2D eigenvalue weighted by molar-refractivity contribution is 0.128. The SMILES string of the molecule is CC(C)[C@H](O)C/C=C\CC[C@@H](C)O. The number of hydrogen-bond acceptors (Lipinski definition) is 2. The molecule has 0 aliphatic heterocycles. The smallest absolute Gasteiger partial charge is 0.0597 e. The second kappa shape index (κ2) is 7.10. The van der Waals surface area contributed by atoms with Crippen LogP contribution in [0.4, 0.5) is 0 Å². The van der Waals surface area contributed by atoms with Gasteiger partial charge in [-0.25, -0.2) is 0 Å². The standard InChI is InChI=1S/C11H22O2/c1-9(2)11(13)8-6-4-5-7-10(3)12/h4,6,9-13H,5,7-8H2,1-3H3/b6-4-/t10-,11-/m1/s1. The first-order valence-electron chi connectivity index (χ1n) is 5.05. The molecule has 2 N–H and O–H groups in total. The Morgan fingerprint density at radius 3 is 2.15 bits per heavy atom. The molecule has 0 saturated carbocycles. The number of allylic oxidation sites excluding steroid dienone is 1. The topological polar surface area (TPSA) is 40.5 Å². The van der Waals surface area contributed by atoms with E-state index in [0.717, 1.165) is 19.3 Å². The van der Waals surface area contributed by atoms with Crippen LogP contribution in [-0.4, -0.2) is 22.4 Å². The van der Waals surface area contributed by atoms with Gasteiger partial charge < -0.3 is 10.2 Å². The van der Waals surface area contributed by atoms with Gasteiger partial charge in [0.2, 0.25) is 0 Å². The monoisotopic (exact) mass is 186 g/mol. The summed E-state index contributed by atoms with van der Waals surface area (Å²) in [5.74, 6) is 0.321. The second-order valence-electron chi connectivity index (χ2n) is 3.94. The fraction of sp³-hybridized carbons (Fsp3) is 0.818. The van der Waals surface area contributed by atoms with Gasteiger partial charge in [0.1, 0.15) is 0 Å². The predicted octanol–water partition coefficient (Wildman–Crippen LogP) is 2.11. The first-order valence-corrected chi connectivity index (χ1v) is 5.05. The summed E-state index contributed by atoms with van der Waals surface area (Å²) in [4.78, 5) is 0. The summed E-state index contributed by atoms with van der Waals surface area (Å²) >= 11 is 0. The zero-order valence-electron chi connectivity index (χ0n) is 8.90. The van der Waals surface area contributed by atoms with Crippen molar-refractivity contribution >= 4 is 0 Å². The highest BCUT2D eigenvalue weighted by atomic mass is 16.3. The molecule has 0 bridgehead atoms. The van der Waals surface area contributed by atoms with E-state index in [4.69, 9.17) is 5.11 Å². The van der Waals surface area contributed by atoms with Crippen molar-refractivity contribution in [2.24, 2.45) is 5.92 Å². The van der Waals surface area contributed by atoms with Crippen LogP contribution in [0.5, 0.6) is 0 Å². The highest BCUT2D eigenvalue weighted by molar-refractivity contribution is 4.85. The van der Waals surface area contributed by atoms with Crippen LogP contribution in [0.2, 0.25) is 0 Å². The molecule has 0 rings (SSSR count). The zero-order valence-corrected chi connectivity index (χ0v) is 8.90. The highest BCUT2D eigenvalue weighted by Crippen LogP contribution is 2.06. The molecule has 0 aromatic carbocycles. The van der Waals surface area contributed by atoms with Crippen molar-refractivity contribution in [3.8, 4) is 0 Å². The first-order chi connectivity index (χ1) is 6.04. The average molecular weight is 186 g/mol. The Bertz CT molecular complexity index is 139. The van der Waals surface area contributed by atoms with Gasteiger partial charge in [-0.1, -0.05) is 26.0 Å². The van der Waals surface area contributed by atoms with Crippen LogP contribution >= 0.6 is 0 Å². The van der Waals surface area contributed by atoms with E-state index < -0.39 is 0 Å². The van der Waals surface area contributed by atoms with Crippen LogP contribution in [0.1, 0.15) is 40.0 Å². The Balaban J connectivity index is 3.41. The van der Waals surface area contributed by atoms with Crippen molar-refractivity contribution in [2.75, 3.05) is 0 Å². The molecule has 0 aromatic heterocycles. The Kier molecular flexibility index (Phi) is 6.92. The van der Waals surface area contributed by atoms with Gasteiger partial charge in [0.25, 0.3) is 0 Å². The molecule has 2 atom stereocenters. The van der Waals surface area contributed by atoms with Gasteiger partial charge in [-0.15, -0.1) is 0 Å². The summed E-state index contributed by atoms with van der Waals surface area (Å²) in [6.07, 6.45) is 5.97. The highest BCUT2D eigenvalue weighted by Gasteiger charge is 2.05. The fourth-order valence-corrected chi connectivity index (χ4v) is 0.963. The van der Waals surface area contributed by atoms with Gasteiger partial charge in [0, 0.05) is 0 Å². The van der Waals surface area contributed by atoms with E-state index in [1.807, 2.05) is 26.0 Å². The van der Waals surface area contributed by atoms with Gasteiger partial charge in [-0.3, -0.25) is 0 Å². The molecule has 0 aromatic rings. The molecule has 0 spiro atoms. The molecule has 0 heterocycles. The van der Waals surface area contributed by atoms with E-state index in [2.05, 4.69) is 0 Å². The third kappa shape index (κ3) is 8.00. The van der Waals surface area contributed by atoms with E-state index in [1.165, 1.54) is 0 Å². The molecule has 2 nitrogen and oxygen atoms in total. The summed E-state index contributed by atoms with van der Waals surface area (Å²) in [6.45, 7) is 5.80. The number of hydrogen-bond donors (Lipinski definition) is 2. The van der Waals surface area contributed by atoms with E-state index in [1.54, 1.807) is 6.92 Å². The lowest BCUT2D eigenvalue weighted by Gasteiger charge is -2.10. The minimum atomic E-state index is -0.234. The molecule has 2 heteroatoms. The second-order valence-corrected chi connectivity index (χ2v) is 3.94. The minimum absolute atomic E-state index is 0.223. The summed E-state index contributed by atoms with van der Waals surface area (Å²) < 4.78 is 0. The Morgan fingerprint density at radius 1 is 1.08 bits per heavy atom. The van der Waals surface area contributed by atoms with E-state index >= 15 is 0 Å². The molecule has 0 unspecified atom stereocenters. The maximum absolute atomic E-state index is 9.43. The van der Waals surface area contributed by atoms with E-state index in [-0.39, 0.29) is 12.2 Å². The molecule has 0 fully saturated rings. The van der Waals surface area contributed by atoms with Crippen molar-refractivity contribution in [1.82, 2.24) is 0 Å². The van der Waals surface area contributed by atoms with Crippen molar-refractivity contribution < 1.29 is 10.2 Å². The van der Waals surface area contributed by atoms with Crippen LogP contribution in [0, 0.1) is 5.92 Å². The van der Waals surface area contributed by atoms with Gasteiger partial charge in [-0.2, -0.15) is 0 Å². The predicted molar refractivity (Wildman–Crippen MR) is 55.5 cm³/mol. The maximum Gasteiger partial charge on any atom is 0.0597 e. The molecule has 78 valence electrons. The van der Waals surface area contributed by atoms with Crippen LogP contribution < -0.4 is 0 Å². The van der Waals surface area contributed by atoms with Crippen molar-refractivity contribution in [3.63, 3.8) is 0 Å². The summed E-state index contributed by atoms with van der Waals surface area (Å²) in [5.41, 5.74) is 0. The van der Waals surface area contributed by atoms with Crippen LogP contribution in [0.25, 0.3) is 0 Å². The van der Waals surface area contributed by atoms with Gasteiger partial charge in [-0.05, 0) is 32.1 Å². The molecule has 0 aliphatic rings. The lowest BCUT2D eigenvalue weighted by Crippen LogP contribution is -2.12. The molecule has 0 aliphatic carbocycles. The number of rotatable bonds is 6. The van der Waals surface area contributed by atoms with Crippen molar-refractivity contribution in [1.29, 1.82) is 0 Å². The normalized spacial score (nSPS) is 16.8. The molecule has 0 saturated heterocycles. The molecular formula is C11H22O2. The number of aliphatic hydroxyl groups excluding tert-OH is 2. The fourth-order valence-electron chi connectivity index (χ4n) is 0.963. The van der Waals surface area contributed by atoms with Crippen molar-refractivity contribution in [3.05, 3.63) is 12.2 Å². The van der Waals surface area contributed by atoms with Crippen LogP contribution in [0.15, 0.2) is 12.2 Å². The van der Waals surface area contributed by atoms with Crippen LogP contribution in [-0.2, 0) is 0 Å². The maximum atomic E-state index is 9.43. The number of aliphatic hydroxyl groups is 2. The molecule has 13 heavy (non-hydrogen) atoms. The summed E-state index contributed by atoms with van der Waals surface area (Å²) in [6, 6.07) is 0. The van der Waals surface area contributed by atoms with Gasteiger partial charge >= 0.3 is 0 Å².